The quantitative estimate of drug-likeness (QED) is 0.448. The van der Waals surface area contributed by atoms with Crippen LogP contribution in [0.3, 0.4) is 0 Å². The Kier molecular flexibility index (Phi) is 7.34. The molecule has 0 heterocycles. The van der Waals surface area contributed by atoms with Crippen LogP contribution in [0.4, 0.5) is 0 Å². The summed E-state index contributed by atoms with van der Waals surface area (Å²) in [6.45, 7) is 14.2. The summed E-state index contributed by atoms with van der Waals surface area (Å²) in [7, 11) is 0. The van der Waals surface area contributed by atoms with Gasteiger partial charge in [0.05, 0.1) is 0 Å². The first-order chi connectivity index (χ1) is 10.9. The lowest BCUT2D eigenvalue weighted by atomic mass is 9.79. The second-order valence-corrected chi connectivity index (χ2v) is 6.81. The van der Waals surface area contributed by atoms with Crippen molar-refractivity contribution in [1.29, 1.82) is 0 Å². The molecule has 0 spiro atoms. The summed E-state index contributed by atoms with van der Waals surface area (Å²) in [6, 6.07) is 0. The Morgan fingerprint density at radius 2 is 2.00 bits per heavy atom. The predicted molar refractivity (Wildman–Crippen MR) is 102 cm³/mol. The Hall–Kier alpha value is -1.77. The molecule has 1 aliphatic rings. The molecular formula is C20H33N3. The van der Waals surface area contributed by atoms with Gasteiger partial charge in [-0.05, 0) is 69.2 Å². The standard InChI is InChI=1S/C20H33N3/c1-6-8-18(16(5)22)20(12-13-20)11-9-19(23-7-2)17(10-14-21)15(3)4/h7,10,14,18H,2,5-6,8-9,11-13,21-22H2,1,3-4H3/b14-10-,23-19?/t18-/m1/s1. The van der Waals surface area contributed by atoms with E-state index in [1.54, 1.807) is 12.4 Å². The van der Waals surface area contributed by atoms with Crippen LogP contribution < -0.4 is 11.5 Å². The topological polar surface area (TPSA) is 64.4 Å². The second-order valence-electron chi connectivity index (χ2n) is 6.81. The third kappa shape index (κ3) is 5.12. The van der Waals surface area contributed by atoms with E-state index in [1.165, 1.54) is 18.4 Å². The highest BCUT2D eigenvalue weighted by Crippen LogP contribution is 2.58. The van der Waals surface area contributed by atoms with Crippen molar-refractivity contribution in [2.45, 2.75) is 59.3 Å². The molecule has 3 nitrogen and oxygen atoms in total. The fourth-order valence-corrected chi connectivity index (χ4v) is 3.50. The molecule has 0 saturated heterocycles. The highest BCUT2D eigenvalue weighted by molar-refractivity contribution is 6.03. The Labute approximate surface area is 141 Å². The molecular weight excluding hydrogens is 282 g/mol. The molecule has 1 aliphatic carbocycles. The van der Waals surface area contributed by atoms with Crippen LogP contribution in [0, 0.1) is 11.3 Å². The van der Waals surface area contributed by atoms with Crippen LogP contribution in [0.25, 0.3) is 0 Å². The number of nitrogens with two attached hydrogens (primary N) is 2. The zero-order valence-corrected chi connectivity index (χ0v) is 15.1. The van der Waals surface area contributed by atoms with Gasteiger partial charge in [-0.2, -0.15) is 0 Å². The SMILES string of the molecule is C=CN=C(CCC1([C@H](CCC)C(=C)N)CC1)C(/C=C\N)=C(C)C. The summed E-state index contributed by atoms with van der Waals surface area (Å²) in [5.41, 5.74) is 16.2. The Bertz CT molecular complexity index is 515. The summed E-state index contributed by atoms with van der Waals surface area (Å²) < 4.78 is 0. The number of rotatable bonds is 10. The van der Waals surface area contributed by atoms with Crippen molar-refractivity contribution in [2.75, 3.05) is 0 Å². The van der Waals surface area contributed by atoms with E-state index in [9.17, 15) is 0 Å². The van der Waals surface area contributed by atoms with Crippen molar-refractivity contribution in [3.05, 3.63) is 48.5 Å². The van der Waals surface area contributed by atoms with Crippen LogP contribution in [0.5, 0.6) is 0 Å². The van der Waals surface area contributed by atoms with E-state index < -0.39 is 0 Å². The van der Waals surface area contributed by atoms with E-state index >= 15 is 0 Å². The lowest BCUT2D eigenvalue weighted by molar-refractivity contribution is 0.311. The number of allylic oxidation sites excluding steroid dienone is 4. The van der Waals surface area contributed by atoms with Crippen LogP contribution >= 0.6 is 0 Å². The number of nitrogens with zero attached hydrogens (tertiary/aromatic N) is 1. The third-order valence-corrected chi connectivity index (χ3v) is 4.88. The fraction of sp³-hybridized carbons (Fsp3) is 0.550. The average Bonchev–Trinajstić information content (AvgIpc) is 3.27. The maximum absolute atomic E-state index is 6.09. The normalized spacial score (nSPS) is 17.8. The molecule has 0 radical (unpaired) electrons. The minimum atomic E-state index is 0.322. The second kappa shape index (κ2) is 8.76. The molecule has 0 aromatic rings. The lowest BCUT2D eigenvalue weighted by Crippen LogP contribution is -2.23. The summed E-state index contributed by atoms with van der Waals surface area (Å²) in [6.07, 6.45) is 11.9. The molecule has 1 saturated carbocycles. The fourth-order valence-electron chi connectivity index (χ4n) is 3.50. The van der Waals surface area contributed by atoms with E-state index in [0.29, 0.717) is 11.3 Å². The summed E-state index contributed by atoms with van der Waals surface area (Å²) >= 11 is 0. The highest BCUT2D eigenvalue weighted by atomic mass is 14.7. The van der Waals surface area contributed by atoms with Gasteiger partial charge in [0.2, 0.25) is 0 Å². The summed E-state index contributed by atoms with van der Waals surface area (Å²) in [4.78, 5) is 4.51. The molecule has 128 valence electrons. The zero-order chi connectivity index (χ0) is 17.5. The van der Waals surface area contributed by atoms with Gasteiger partial charge in [-0.15, -0.1) is 0 Å². The predicted octanol–water partition coefficient (Wildman–Crippen LogP) is 4.83. The zero-order valence-electron chi connectivity index (χ0n) is 15.1. The smallest absolute Gasteiger partial charge is 0.0475 e. The minimum Gasteiger partial charge on any atom is -0.405 e. The van der Waals surface area contributed by atoms with Gasteiger partial charge in [0.15, 0.2) is 0 Å². The molecule has 0 aromatic carbocycles. The van der Waals surface area contributed by atoms with Crippen LogP contribution in [-0.4, -0.2) is 5.71 Å². The van der Waals surface area contributed by atoms with Crippen molar-refractivity contribution >= 4 is 5.71 Å². The lowest BCUT2D eigenvalue weighted by Gasteiger charge is -2.27. The van der Waals surface area contributed by atoms with Crippen molar-refractivity contribution in [3.8, 4) is 0 Å². The van der Waals surface area contributed by atoms with Crippen LogP contribution in [0.1, 0.15) is 59.3 Å². The molecule has 1 atom stereocenters. The van der Waals surface area contributed by atoms with E-state index in [1.807, 2.05) is 6.08 Å². The molecule has 4 N–H and O–H groups in total. The van der Waals surface area contributed by atoms with Crippen molar-refractivity contribution in [3.63, 3.8) is 0 Å². The van der Waals surface area contributed by atoms with Gasteiger partial charge in [-0.3, -0.25) is 4.99 Å². The molecule has 1 rings (SSSR count). The Balaban J connectivity index is 2.92. The highest BCUT2D eigenvalue weighted by Gasteiger charge is 2.48. The summed E-state index contributed by atoms with van der Waals surface area (Å²) in [5, 5.41) is 0. The maximum Gasteiger partial charge on any atom is 0.0475 e. The maximum atomic E-state index is 6.09. The minimum absolute atomic E-state index is 0.322. The average molecular weight is 316 g/mol. The van der Waals surface area contributed by atoms with Gasteiger partial charge in [0, 0.05) is 23.5 Å². The van der Waals surface area contributed by atoms with Gasteiger partial charge in [0.25, 0.3) is 0 Å². The van der Waals surface area contributed by atoms with E-state index in [4.69, 9.17) is 11.5 Å². The van der Waals surface area contributed by atoms with Crippen molar-refractivity contribution in [1.82, 2.24) is 0 Å². The molecule has 0 aliphatic heterocycles. The van der Waals surface area contributed by atoms with Gasteiger partial charge < -0.3 is 11.5 Å². The molecule has 23 heavy (non-hydrogen) atoms. The molecule has 0 amide bonds. The van der Waals surface area contributed by atoms with Gasteiger partial charge in [-0.1, -0.05) is 32.1 Å². The van der Waals surface area contributed by atoms with Crippen LogP contribution in [0.2, 0.25) is 0 Å². The Morgan fingerprint density at radius 1 is 1.35 bits per heavy atom. The van der Waals surface area contributed by atoms with E-state index in [-0.39, 0.29) is 0 Å². The monoisotopic (exact) mass is 315 g/mol. The Morgan fingerprint density at radius 3 is 2.39 bits per heavy atom. The summed E-state index contributed by atoms with van der Waals surface area (Å²) in [5.74, 6) is 0.428. The van der Waals surface area contributed by atoms with E-state index in [0.717, 1.165) is 42.7 Å². The van der Waals surface area contributed by atoms with Crippen LogP contribution in [0.15, 0.2) is 53.5 Å². The number of hydrogen-bond acceptors (Lipinski definition) is 3. The van der Waals surface area contributed by atoms with E-state index in [2.05, 4.69) is 38.9 Å². The van der Waals surface area contributed by atoms with Crippen molar-refractivity contribution < 1.29 is 0 Å². The first-order valence-corrected chi connectivity index (χ1v) is 8.59. The third-order valence-electron chi connectivity index (χ3n) is 4.88. The molecule has 1 fully saturated rings. The first kappa shape index (κ1) is 19.3. The van der Waals surface area contributed by atoms with Crippen molar-refractivity contribution in [2.24, 2.45) is 27.8 Å². The van der Waals surface area contributed by atoms with Gasteiger partial charge >= 0.3 is 0 Å². The largest absolute Gasteiger partial charge is 0.405 e. The van der Waals surface area contributed by atoms with Crippen LogP contribution in [-0.2, 0) is 0 Å². The van der Waals surface area contributed by atoms with Gasteiger partial charge in [-0.25, -0.2) is 0 Å². The first-order valence-electron chi connectivity index (χ1n) is 8.59. The molecule has 0 bridgehead atoms. The molecule has 0 unspecified atom stereocenters. The molecule has 0 aromatic heterocycles. The number of aliphatic imine (C=N–C) groups is 1. The number of hydrogen-bond donors (Lipinski definition) is 2. The van der Waals surface area contributed by atoms with Gasteiger partial charge in [0.1, 0.15) is 0 Å². The molecule has 3 heteroatoms.